The van der Waals surface area contributed by atoms with Gasteiger partial charge in [0.05, 0.1) is 17.7 Å². The third-order valence-corrected chi connectivity index (χ3v) is 5.03. The molecule has 0 saturated heterocycles. The zero-order chi connectivity index (χ0) is 21.6. The van der Waals surface area contributed by atoms with Crippen molar-refractivity contribution in [2.45, 2.75) is 5.79 Å². The number of hydrogen-bond donors (Lipinski definition) is 3. The number of amidine groups is 1. The first-order valence-electron chi connectivity index (χ1n) is 8.95. The van der Waals surface area contributed by atoms with Crippen LogP contribution in [0.25, 0.3) is 16.6 Å². The number of aryl methyl sites for hydroxylation is 1. The van der Waals surface area contributed by atoms with Crippen molar-refractivity contribution < 1.29 is 14.1 Å². The minimum atomic E-state index is -1.67. The number of nitrogens with two attached hydrogens (primary N) is 2. The lowest BCUT2D eigenvalue weighted by Crippen LogP contribution is -2.52. The van der Waals surface area contributed by atoms with Crippen LogP contribution < -0.4 is 16.8 Å². The Bertz CT molecular complexity index is 1250. The molecular formula is C20H19FN6O3. The molecule has 4 rings (SSSR count). The summed E-state index contributed by atoms with van der Waals surface area (Å²) in [5.41, 5.74) is 14.3. The number of benzene rings is 2. The van der Waals surface area contributed by atoms with E-state index in [1.165, 1.54) is 13.2 Å². The lowest BCUT2D eigenvalue weighted by Gasteiger charge is -2.34. The topological polar surface area (TPSA) is 134 Å². The molecule has 0 bridgehead atoms. The van der Waals surface area contributed by atoms with Gasteiger partial charge in [-0.1, -0.05) is 18.2 Å². The van der Waals surface area contributed by atoms with Gasteiger partial charge < -0.3 is 20.4 Å². The third kappa shape index (κ3) is 2.94. The third-order valence-electron chi connectivity index (χ3n) is 5.03. The average molecular weight is 410 g/mol. The molecule has 2 heterocycles. The smallest absolute Gasteiger partial charge is 0.305 e. The number of ether oxygens (including phenoxy) is 1. The number of methoxy groups -OCH3 is 1. The Morgan fingerprint density at radius 1 is 1.30 bits per heavy atom. The first-order chi connectivity index (χ1) is 14.2. The SMILES string of the molecule is COC1=C(c2cn(C)c3ccccc23)NC(N)(c2ccc(F)c([N+](=O)[O-])c2)N=C1N. The molecule has 9 nitrogen and oxygen atoms in total. The monoisotopic (exact) mass is 410 g/mol. The second kappa shape index (κ2) is 6.85. The summed E-state index contributed by atoms with van der Waals surface area (Å²) in [4.78, 5) is 14.6. The standard InChI is InChI=1S/C20H19FN6O3/c1-26-10-13(12-5-3-4-6-15(12)26)17-18(30-2)19(22)25-20(23,24-17)11-7-8-14(21)16(9-11)27(28)29/h3-10,24H,23H2,1-2H3,(H2,22,25). The molecule has 154 valence electrons. The summed E-state index contributed by atoms with van der Waals surface area (Å²) in [6.07, 6.45) is 1.89. The van der Waals surface area contributed by atoms with Crippen molar-refractivity contribution in [1.29, 1.82) is 0 Å². The summed E-state index contributed by atoms with van der Waals surface area (Å²) < 4.78 is 21.2. The number of para-hydroxylation sites is 1. The maximum atomic E-state index is 13.8. The van der Waals surface area contributed by atoms with Crippen molar-refractivity contribution in [3.05, 3.63) is 81.5 Å². The van der Waals surface area contributed by atoms with Crippen LogP contribution in [0.4, 0.5) is 10.1 Å². The summed E-state index contributed by atoms with van der Waals surface area (Å²) >= 11 is 0. The van der Waals surface area contributed by atoms with Gasteiger partial charge in [-0.05, 0) is 18.2 Å². The Labute approximate surface area is 170 Å². The van der Waals surface area contributed by atoms with E-state index in [1.807, 2.05) is 42.1 Å². The number of halogens is 1. The second-order valence-corrected chi connectivity index (χ2v) is 6.89. The van der Waals surface area contributed by atoms with E-state index in [1.54, 1.807) is 0 Å². The van der Waals surface area contributed by atoms with Gasteiger partial charge >= 0.3 is 5.69 Å². The summed E-state index contributed by atoms with van der Waals surface area (Å²) in [7, 11) is 3.36. The Morgan fingerprint density at radius 2 is 2.03 bits per heavy atom. The molecule has 0 saturated carbocycles. The van der Waals surface area contributed by atoms with Gasteiger partial charge in [0.15, 0.2) is 11.6 Å². The number of rotatable bonds is 4. The van der Waals surface area contributed by atoms with Crippen molar-refractivity contribution in [1.82, 2.24) is 9.88 Å². The van der Waals surface area contributed by atoms with Crippen molar-refractivity contribution >= 4 is 28.1 Å². The van der Waals surface area contributed by atoms with E-state index in [2.05, 4.69) is 10.3 Å². The number of nitrogens with zero attached hydrogens (tertiary/aromatic N) is 3. The Hall–Kier alpha value is -3.92. The van der Waals surface area contributed by atoms with Gasteiger partial charge in [0.1, 0.15) is 0 Å². The van der Waals surface area contributed by atoms with Crippen molar-refractivity contribution in [3.63, 3.8) is 0 Å². The van der Waals surface area contributed by atoms with Crippen LogP contribution >= 0.6 is 0 Å². The normalized spacial score (nSPS) is 18.9. The minimum Gasteiger partial charge on any atom is -0.491 e. The molecule has 10 heteroatoms. The van der Waals surface area contributed by atoms with Crippen LogP contribution in [0.15, 0.2) is 59.4 Å². The van der Waals surface area contributed by atoms with Crippen LogP contribution in [0.3, 0.4) is 0 Å². The van der Waals surface area contributed by atoms with E-state index in [0.29, 0.717) is 5.70 Å². The fraction of sp³-hybridized carbons (Fsp3) is 0.150. The van der Waals surface area contributed by atoms with Gasteiger partial charge in [0.2, 0.25) is 11.6 Å². The molecule has 5 N–H and O–H groups in total. The Balaban J connectivity index is 1.89. The summed E-state index contributed by atoms with van der Waals surface area (Å²) in [5.74, 6) is -2.35. The van der Waals surface area contributed by atoms with E-state index in [4.69, 9.17) is 16.2 Å². The maximum Gasteiger partial charge on any atom is 0.305 e. The van der Waals surface area contributed by atoms with E-state index >= 15 is 0 Å². The minimum absolute atomic E-state index is 0.00802. The van der Waals surface area contributed by atoms with Gasteiger partial charge in [-0.15, -0.1) is 0 Å². The molecule has 0 amide bonds. The first-order valence-corrected chi connectivity index (χ1v) is 8.95. The van der Waals surface area contributed by atoms with E-state index in [-0.39, 0.29) is 17.2 Å². The summed E-state index contributed by atoms with van der Waals surface area (Å²) in [6.45, 7) is 0. The molecule has 1 aliphatic rings. The lowest BCUT2D eigenvalue weighted by molar-refractivity contribution is -0.387. The zero-order valence-electron chi connectivity index (χ0n) is 16.2. The van der Waals surface area contributed by atoms with Crippen LogP contribution in [0.2, 0.25) is 0 Å². The number of nitrogens with one attached hydrogen (secondary N) is 1. The first kappa shape index (κ1) is 19.4. The van der Waals surface area contributed by atoms with E-state index in [0.717, 1.165) is 28.6 Å². The van der Waals surface area contributed by atoms with Crippen molar-refractivity contribution in [3.8, 4) is 0 Å². The van der Waals surface area contributed by atoms with Gasteiger partial charge in [-0.3, -0.25) is 15.8 Å². The Morgan fingerprint density at radius 3 is 2.73 bits per heavy atom. The van der Waals surface area contributed by atoms with E-state index < -0.39 is 22.2 Å². The molecule has 0 spiro atoms. The average Bonchev–Trinajstić information content (AvgIpc) is 3.04. The molecular weight excluding hydrogens is 391 g/mol. The highest BCUT2D eigenvalue weighted by molar-refractivity contribution is 6.06. The van der Waals surface area contributed by atoms with Crippen LogP contribution in [-0.2, 0) is 17.6 Å². The quantitative estimate of drug-likeness (QED) is 0.446. The molecule has 0 aliphatic carbocycles. The number of fused-ring (bicyclic) bond motifs is 1. The lowest BCUT2D eigenvalue weighted by atomic mass is 10.0. The van der Waals surface area contributed by atoms with Crippen LogP contribution in [0, 0.1) is 15.9 Å². The fourth-order valence-electron chi connectivity index (χ4n) is 3.61. The van der Waals surface area contributed by atoms with E-state index in [9.17, 15) is 14.5 Å². The molecule has 3 aromatic rings. The van der Waals surface area contributed by atoms with Crippen molar-refractivity contribution in [2.75, 3.05) is 7.11 Å². The molecule has 0 fully saturated rings. The fourth-order valence-corrected chi connectivity index (χ4v) is 3.61. The molecule has 2 aromatic carbocycles. The predicted octanol–water partition coefficient (Wildman–Crippen LogP) is 2.27. The number of hydrogen-bond acceptors (Lipinski definition) is 7. The second-order valence-electron chi connectivity index (χ2n) is 6.89. The zero-order valence-corrected chi connectivity index (χ0v) is 16.2. The van der Waals surface area contributed by atoms with Crippen molar-refractivity contribution in [2.24, 2.45) is 23.5 Å². The van der Waals surface area contributed by atoms with Gasteiger partial charge in [0.25, 0.3) is 0 Å². The van der Waals surface area contributed by atoms with Gasteiger partial charge in [-0.2, -0.15) is 4.39 Å². The molecule has 1 aromatic heterocycles. The maximum absolute atomic E-state index is 13.8. The molecule has 1 unspecified atom stereocenters. The van der Waals surface area contributed by atoms with Crippen LogP contribution in [0.1, 0.15) is 11.1 Å². The summed E-state index contributed by atoms with van der Waals surface area (Å²) in [5, 5.41) is 15.2. The number of aliphatic imine (C=N–C) groups is 1. The van der Waals surface area contributed by atoms with Gasteiger partial charge in [0, 0.05) is 41.3 Å². The van der Waals surface area contributed by atoms with Crippen LogP contribution in [0.5, 0.6) is 0 Å². The highest BCUT2D eigenvalue weighted by Gasteiger charge is 2.37. The van der Waals surface area contributed by atoms with Crippen LogP contribution in [-0.4, -0.2) is 22.4 Å². The highest BCUT2D eigenvalue weighted by atomic mass is 19.1. The Kier molecular flexibility index (Phi) is 4.43. The summed E-state index contributed by atoms with van der Waals surface area (Å²) in [6, 6.07) is 11.1. The number of nitro benzene ring substituents is 1. The highest BCUT2D eigenvalue weighted by Crippen LogP contribution is 2.34. The predicted molar refractivity (Wildman–Crippen MR) is 111 cm³/mol. The number of nitro groups is 1. The molecule has 1 aliphatic heterocycles. The molecule has 0 radical (unpaired) electrons. The van der Waals surface area contributed by atoms with Gasteiger partial charge in [-0.25, -0.2) is 4.99 Å². The molecule has 1 atom stereocenters. The largest absolute Gasteiger partial charge is 0.491 e. The number of aromatic nitrogens is 1. The molecule has 30 heavy (non-hydrogen) atoms.